The van der Waals surface area contributed by atoms with Crippen LogP contribution in [0.4, 0.5) is 5.69 Å². The van der Waals surface area contributed by atoms with Crippen molar-refractivity contribution < 1.29 is 4.79 Å². The van der Waals surface area contributed by atoms with E-state index < -0.39 is 0 Å². The average Bonchev–Trinajstić information content (AvgIpc) is 2.91. The minimum Gasteiger partial charge on any atom is -0.348 e. The highest BCUT2D eigenvalue weighted by atomic mass is 35.5. The van der Waals surface area contributed by atoms with Crippen molar-refractivity contribution in [3.05, 3.63) is 28.8 Å². The zero-order valence-corrected chi connectivity index (χ0v) is 12.4. The maximum absolute atomic E-state index is 12.3. The smallest absolute Gasteiger partial charge is 0.253 e. The van der Waals surface area contributed by atoms with Gasteiger partial charge in [0.15, 0.2) is 0 Å². The van der Waals surface area contributed by atoms with Crippen LogP contribution in [-0.2, 0) is 0 Å². The summed E-state index contributed by atoms with van der Waals surface area (Å²) < 4.78 is 0. The Balaban J connectivity index is 1.98. The number of hydrazine groups is 1. The Labute approximate surface area is 124 Å². The molecule has 1 aromatic carbocycles. The average molecular weight is 297 g/mol. The summed E-state index contributed by atoms with van der Waals surface area (Å²) in [4.78, 5) is 14.6. The number of hydrogen-bond acceptors (Lipinski definition) is 4. The molecule has 0 saturated carbocycles. The van der Waals surface area contributed by atoms with Gasteiger partial charge in [0.25, 0.3) is 5.91 Å². The first-order valence-electron chi connectivity index (χ1n) is 6.89. The summed E-state index contributed by atoms with van der Waals surface area (Å²) in [5, 5.41) is 3.51. The molecule has 1 saturated heterocycles. The van der Waals surface area contributed by atoms with Crippen molar-refractivity contribution in [3.63, 3.8) is 0 Å². The third-order valence-electron chi connectivity index (χ3n) is 3.49. The van der Waals surface area contributed by atoms with Crippen LogP contribution in [0.2, 0.25) is 5.02 Å². The molecule has 1 atom stereocenters. The number of hydrogen-bond donors (Lipinski definition) is 3. The lowest BCUT2D eigenvalue weighted by atomic mass is 10.1. The lowest BCUT2D eigenvalue weighted by Crippen LogP contribution is -2.41. The van der Waals surface area contributed by atoms with Crippen LogP contribution >= 0.6 is 11.6 Å². The highest BCUT2D eigenvalue weighted by Crippen LogP contribution is 2.20. The molecule has 20 heavy (non-hydrogen) atoms. The molecule has 5 nitrogen and oxygen atoms in total. The molecule has 6 heteroatoms. The number of carbonyl (C=O) groups excluding carboxylic acids is 1. The lowest BCUT2D eigenvalue weighted by molar-refractivity contribution is 0.0932. The van der Waals surface area contributed by atoms with Gasteiger partial charge < -0.3 is 15.6 Å². The molecule has 2 rings (SSSR count). The van der Waals surface area contributed by atoms with E-state index in [-0.39, 0.29) is 11.9 Å². The maximum Gasteiger partial charge on any atom is 0.253 e. The van der Waals surface area contributed by atoms with E-state index >= 15 is 0 Å². The SMILES string of the molecule is CC(CN1CCCC1)NC(=O)c1cc(Cl)ccc1NN. The second-order valence-electron chi connectivity index (χ2n) is 5.22. The van der Waals surface area contributed by atoms with E-state index in [0.29, 0.717) is 16.3 Å². The van der Waals surface area contributed by atoms with Crippen molar-refractivity contribution in [1.82, 2.24) is 10.2 Å². The molecular weight excluding hydrogens is 276 g/mol. The van der Waals surface area contributed by atoms with Crippen LogP contribution in [0.25, 0.3) is 0 Å². The Hall–Kier alpha value is -1.30. The van der Waals surface area contributed by atoms with E-state index in [4.69, 9.17) is 17.4 Å². The van der Waals surface area contributed by atoms with Crippen LogP contribution in [0.3, 0.4) is 0 Å². The molecule has 1 fully saturated rings. The molecule has 1 aromatic rings. The van der Waals surface area contributed by atoms with Gasteiger partial charge in [0.05, 0.1) is 11.3 Å². The van der Waals surface area contributed by atoms with Gasteiger partial charge in [-0.25, -0.2) is 0 Å². The van der Waals surface area contributed by atoms with E-state index in [1.165, 1.54) is 12.8 Å². The van der Waals surface area contributed by atoms with Crippen molar-refractivity contribution in [3.8, 4) is 0 Å². The number of anilines is 1. The van der Waals surface area contributed by atoms with Gasteiger partial charge in [-0.3, -0.25) is 10.6 Å². The number of halogens is 1. The molecule has 1 unspecified atom stereocenters. The van der Waals surface area contributed by atoms with Crippen molar-refractivity contribution >= 4 is 23.2 Å². The minimum atomic E-state index is -0.160. The molecule has 0 aromatic heterocycles. The summed E-state index contributed by atoms with van der Waals surface area (Å²) >= 11 is 5.94. The minimum absolute atomic E-state index is 0.0882. The van der Waals surface area contributed by atoms with Gasteiger partial charge in [0.2, 0.25) is 0 Å². The van der Waals surface area contributed by atoms with Crippen molar-refractivity contribution in [2.45, 2.75) is 25.8 Å². The number of amides is 1. The third kappa shape index (κ3) is 3.85. The van der Waals surface area contributed by atoms with Crippen LogP contribution in [0.15, 0.2) is 18.2 Å². The predicted octanol–water partition coefficient (Wildman–Crippen LogP) is 1.84. The van der Waals surface area contributed by atoms with Gasteiger partial charge in [0, 0.05) is 17.6 Å². The van der Waals surface area contributed by atoms with Gasteiger partial charge in [-0.2, -0.15) is 0 Å². The predicted molar refractivity (Wildman–Crippen MR) is 81.9 cm³/mol. The van der Waals surface area contributed by atoms with E-state index in [1.807, 2.05) is 6.92 Å². The van der Waals surface area contributed by atoms with Crippen LogP contribution in [0, 0.1) is 0 Å². The van der Waals surface area contributed by atoms with E-state index in [9.17, 15) is 4.79 Å². The fourth-order valence-corrected chi connectivity index (χ4v) is 2.70. The van der Waals surface area contributed by atoms with E-state index in [2.05, 4.69) is 15.6 Å². The summed E-state index contributed by atoms with van der Waals surface area (Å²) in [5.74, 6) is 5.26. The Morgan fingerprint density at radius 2 is 2.15 bits per heavy atom. The van der Waals surface area contributed by atoms with Gasteiger partial charge in [-0.15, -0.1) is 0 Å². The van der Waals surface area contributed by atoms with Gasteiger partial charge >= 0.3 is 0 Å². The number of likely N-dealkylation sites (tertiary alicyclic amines) is 1. The molecule has 1 heterocycles. The van der Waals surface area contributed by atoms with Gasteiger partial charge in [-0.05, 0) is 51.1 Å². The van der Waals surface area contributed by atoms with Crippen molar-refractivity contribution in [2.24, 2.45) is 5.84 Å². The standard InChI is InChI=1S/C14H21ClN4O/c1-10(9-19-6-2-3-7-19)17-14(20)12-8-11(15)4-5-13(12)18-16/h4-5,8,10,18H,2-3,6-7,9,16H2,1H3,(H,17,20). The number of rotatable bonds is 5. The summed E-state index contributed by atoms with van der Waals surface area (Å²) in [5.41, 5.74) is 3.56. The molecule has 0 spiro atoms. The molecule has 1 aliphatic heterocycles. The van der Waals surface area contributed by atoms with Crippen molar-refractivity contribution in [1.29, 1.82) is 0 Å². The third-order valence-corrected chi connectivity index (χ3v) is 3.73. The van der Waals surface area contributed by atoms with Crippen molar-refractivity contribution in [2.75, 3.05) is 25.1 Å². The highest BCUT2D eigenvalue weighted by molar-refractivity contribution is 6.31. The molecule has 0 bridgehead atoms. The van der Waals surface area contributed by atoms with Crippen LogP contribution in [-0.4, -0.2) is 36.5 Å². The van der Waals surface area contributed by atoms with E-state index in [0.717, 1.165) is 19.6 Å². The summed E-state index contributed by atoms with van der Waals surface area (Å²) in [6.45, 7) is 5.12. The van der Waals surface area contributed by atoms with E-state index in [1.54, 1.807) is 18.2 Å². The number of nitrogens with zero attached hydrogens (tertiary/aromatic N) is 1. The monoisotopic (exact) mass is 296 g/mol. The van der Waals surface area contributed by atoms with Gasteiger partial charge in [-0.1, -0.05) is 11.6 Å². The molecule has 4 N–H and O–H groups in total. The normalized spacial score (nSPS) is 16.9. The maximum atomic E-state index is 12.3. The lowest BCUT2D eigenvalue weighted by Gasteiger charge is -2.21. The summed E-state index contributed by atoms with van der Waals surface area (Å²) in [6.07, 6.45) is 2.49. The Kier molecular flexibility index (Phi) is 5.23. The first kappa shape index (κ1) is 15.1. The molecule has 1 amide bonds. The second kappa shape index (κ2) is 6.92. The van der Waals surface area contributed by atoms with Crippen LogP contribution in [0.5, 0.6) is 0 Å². The zero-order chi connectivity index (χ0) is 14.5. The molecule has 0 radical (unpaired) electrons. The fraction of sp³-hybridized carbons (Fsp3) is 0.500. The molecule has 110 valence electrons. The second-order valence-corrected chi connectivity index (χ2v) is 5.65. The quantitative estimate of drug-likeness (QED) is 0.573. The number of benzene rings is 1. The first-order valence-corrected chi connectivity index (χ1v) is 7.27. The largest absolute Gasteiger partial charge is 0.348 e. The van der Waals surface area contributed by atoms with Gasteiger partial charge in [0.1, 0.15) is 0 Å². The number of carbonyl (C=O) groups is 1. The van der Waals surface area contributed by atoms with Crippen LogP contribution in [0.1, 0.15) is 30.1 Å². The molecular formula is C14H21ClN4O. The molecule has 1 aliphatic rings. The number of nitrogens with two attached hydrogens (primary N) is 1. The summed E-state index contributed by atoms with van der Waals surface area (Å²) in [6, 6.07) is 5.10. The molecule has 0 aliphatic carbocycles. The number of nitrogens with one attached hydrogen (secondary N) is 2. The Morgan fingerprint density at radius 3 is 2.80 bits per heavy atom. The topological polar surface area (TPSA) is 70.4 Å². The fourth-order valence-electron chi connectivity index (χ4n) is 2.53. The Bertz CT molecular complexity index is 474. The number of nitrogen functional groups attached to an aromatic ring is 1. The zero-order valence-electron chi connectivity index (χ0n) is 11.7. The highest BCUT2D eigenvalue weighted by Gasteiger charge is 2.18. The Morgan fingerprint density at radius 1 is 1.45 bits per heavy atom. The summed E-state index contributed by atoms with van der Waals surface area (Å²) in [7, 11) is 0. The first-order chi connectivity index (χ1) is 9.60. The van der Waals surface area contributed by atoms with Crippen LogP contribution < -0.4 is 16.6 Å².